The smallest absolute Gasteiger partial charge is 0.334 e. The number of aliphatic carboxylic acids is 1. The van der Waals surface area contributed by atoms with E-state index < -0.39 is 12.1 Å². The summed E-state index contributed by atoms with van der Waals surface area (Å²) in [6.45, 7) is 1.34. The standard InChI is InChI=1S/C8H14N2O4/c1-14-6(8(12)13)4-10-7(11)5-2-9-3-5/h5-6,9H,2-4H2,1H3,(H,10,11)(H,12,13). The Kier molecular flexibility index (Phi) is 3.84. The van der Waals surface area contributed by atoms with Gasteiger partial charge < -0.3 is 20.5 Å². The van der Waals surface area contributed by atoms with Crippen LogP contribution in [0.1, 0.15) is 0 Å². The van der Waals surface area contributed by atoms with Crippen LogP contribution in [0.5, 0.6) is 0 Å². The van der Waals surface area contributed by atoms with Crippen molar-refractivity contribution in [1.29, 1.82) is 0 Å². The third-order valence-electron chi connectivity index (χ3n) is 2.17. The van der Waals surface area contributed by atoms with E-state index in [1.807, 2.05) is 0 Å². The van der Waals surface area contributed by atoms with Crippen LogP contribution in [0.2, 0.25) is 0 Å². The molecular formula is C8H14N2O4. The zero-order valence-corrected chi connectivity index (χ0v) is 7.95. The monoisotopic (exact) mass is 202 g/mol. The molecule has 1 rings (SSSR count). The number of hydrogen-bond donors (Lipinski definition) is 3. The summed E-state index contributed by atoms with van der Waals surface area (Å²) in [5.41, 5.74) is 0. The van der Waals surface area contributed by atoms with Gasteiger partial charge in [-0.3, -0.25) is 4.79 Å². The van der Waals surface area contributed by atoms with Crippen LogP contribution in [0.4, 0.5) is 0 Å². The molecule has 0 aliphatic carbocycles. The molecule has 0 bridgehead atoms. The zero-order chi connectivity index (χ0) is 10.6. The van der Waals surface area contributed by atoms with Gasteiger partial charge in [0.1, 0.15) is 0 Å². The van der Waals surface area contributed by atoms with Crippen LogP contribution in [0.3, 0.4) is 0 Å². The zero-order valence-electron chi connectivity index (χ0n) is 7.95. The van der Waals surface area contributed by atoms with Gasteiger partial charge in [0.05, 0.1) is 12.5 Å². The topological polar surface area (TPSA) is 87.7 Å². The highest BCUT2D eigenvalue weighted by atomic mass is 16.5. The van der Waals surface area contributed by atoms with Gasteiger partial charge in [0, 0.05) is 20.2 Å². The van der Waals surface area contributed by atoms with E-state index in [2.05, 4.69) is 15.4 Å². The van der Waals surface area contributed by atoms with E-state index in [0.29, 0.717) is 13.1 Å². The predicted molar refractivity (Wildman–Crippen MR) is 47.8 cm³/mol. The molecule has 0 aromatic heterocycles. The molecule has 1 fully saturated rings. The molecule has 0 aromatic carbocycles. The molecule has 3 N–H and O–H groups in total. The van der Waals surface area contributed by atoms with Gasteiger partial charge in [0.25, 0.3) is 0 Å². The number of nitrogens with one attached hydrogen (secondary N) is 2. The van der Waals surface area contributed by atoms with Crippen molar-refractivity contribution in [2.75, 3.05) is 26.7 Å². The minimum absolute atomic E-state index is 0.0150. The molecule has 0 saturated carbocycles. The number of methoxy groups -OCH3 is 1. The van der Waals surface area contributed by atoms with Crippen molar-refractivity contribution < 1.29 is 19.4 Å². The van der Waals surface area contributed by atoms with E-state index in [9.17, 15) is 9.59 Å². The first-order chi connectivity index (χ1) is 6.65. The summed E-state index contributed by atoms with van der Waals surface area (Å²) in [5, 5.41) is 14.1. The molecule has 0 radical (unpaired) electrons. The lowest BCUT2D eigenvalue weighted by Crippen LogP contribution is -2.52. The van der Waals surface area contributed by atoms with Crippen molar-refractivity contribution in [3.05, 3.63) is 0 Å². The van der Waals surface area contributed by atoms with Crippen LogP contribution in [-0.2, 0) is 14.3 Å². The molecule has 1 heterocycles. The van der Waals surface area contributed by atoms with Gasteiger partial charge in [-0.25, -0.2) is 4.79 Å². The summed E-state index contributed by atoms with van der Waals surface area (Å²) in [7, 11) is 1.30. The van der Waals surface area contributed by atoms with Gasteiger partial charge in [-0.2, -0.15) is 0 Å². The lowest BCUT2D eigenvalue weighted by Gasteiger charge is -2.26. The molecule has 6 heteroatoms. The number of carboxylic acid groups (broad SMARTS) is 1. The Morgan fingerprint density at radius 2 is 2.29 bits per heavy atom. The van der Waals surface area contributed by atoms with E-state index in [4.69, 9.17) is 5.11 Å². The number of carbonyl (C=O) groups excluding carboxylic acids is 1. The van der Waals surface area contributed by atoms with Gasteiger partial charge in [-0.15, -0.1) is 0 Å². The summed E-state index contributed by atoms with van der Waals surface area (Å²) in [6, 6.07) is 0. The first-order valence-corrected chi connectivity index (χ1v) is 4.39. The Bertz CT molecular complexity index is 227. The summed E-state index contributed by atoms with van der Waals surface area (Å²) < 4.78 is 4.66. The van der Waals surface area contributed by atoms with Crippen molar-refractivity contribution in [2.45, 2.75) is 6.10 Å². The largest absolute Gasteiger partial charge is 0.479 e. The Labute approximate surface area is 81.6 Å². The Balaban J connectivity index is 2.23. The fourth-order valence-corrected chi connectivity index (χ4v) is 1.08. The molecule has 80 valence electrons. The molecule has 0 spiro atoms. The Hall–Kier alpha value is -1.14. The van der Waals surface area contributed by atoms with E-state index in [0.717, 1.165) is 0 Å². The Morgan fingerprint density at radius 1 is 1.64 bits per heavy atom. The van der Waals surface area contributed by atoms with Crippen molar-refractivity contribution in [3.63, 3.8) is 0 Å². The van der Waals surface area contributed by atoms with Crippen molar-refractivity contribution >= 4 is 11.9 Å². The molecule has 1 amide bonds. The maximum atomic E-state index is 11.3. The van der Waals surface area contributed by atoms with Gasteiger partial charge in [0.2, 0.25) is 5.91 Å². The molecule has 14 heavy (non-hydrogen) atoms. The van der Waals surface area contributed by atoms with Crippen LogP contribution in [0.15, 0.2) is 0 Å². The highest BCUT2D eigenvalue weighted by Crippen LogP contribution is 2.02. The molecule has 1 aliphatic heterocycles. The second kappa shape index (κ2) is 4.92. The second-order valence-corrected chi connectivity index (χ2v) is 3.16. The van der Waals surface area contributed by atoms with Gasteiger partial charge >= 0.3 is 5.97 Å². The van der Waals surface area contributed by atoms with Crippen LogP contribution in [0, 0.1) is 5.92 Å². The fraction of sp³-hybridized carbons (Fsp3) is 0.750. The third kappa shape index (κ3) is 2.68. The van der Waals surface area contributed by atoms with E-state index in [1.165, 1.54) is 7.11 Å². The van der Waals surface area contributed by atoms with Crippen LogP contribution in [-0.4, -0.2) is 49.8 Å². The lowest BCUT2D eigenvalue weighted by molar-refractivity contribution is -0.148. The minimum atomic E-state index is -1.07. The van der Waals surface area contributed by atoms with E-state index >= 15 is 0 Å². The average Bonchev–Trinajstić information content (AvgIpc) is 2.01. The van der Waals surface area contributed by atoms with Crippen LogP contribution >= 0.6 is 0 Å². The molecule has 1 atom stereocenters. The molecule has 6 nitrogen and oxygen atoms in total. The maximum Gasteiger partial charge on any atom is 0.334 e. The highest BCUT2D eigenvalue weighted by Gasteiger charge is 2.26. The third-order valence-corrected chi connectivity index (χ3v) is 2.17. The van der Waals surface area contributed by atoms with Crippen LogP contribution < -0.4 is 10.6 Å². The number of ether oxygens (including phenoxy) is 1. The van der Waals surface area contributed by atoms with Crippen molar-refractivity contribution in [3.8, 4) is 0 Å². The van der Waals surface area contributed by atoms with Gasteiger partial charge in [-0.1, -0.05) is 0 Å². The van der Waals surface area contributed by atoms with E-state index in [-0.39, 0.29) is 18.4 Å². The van der Waals surface area contributed by atoms with Crippen molar-refractivity contribution in [1.82, 2.24) is 10.6 Å². The fourth-order valence-electron chi connectivity index (χ4n) is 1.08. The molecule has 1 aliphatic rings. The number of carbonyl (C=O) groups is 2. The average molecular weight is 202 g/mol. The normalized spacial score (nSPS) is 18.4. The van der Waals surface area contributed by atoms with E-state index in [1.54, 1.807) is 0 Å². The SMILES string of the molecule is COC(CNC(=O)C1CNC1)C(=O)O. The number of carboxylic acids is 1. The first kappa shape index (κ1) is 10.9. The number of rotatable bonds is 5. The first-order valence-electron chi connectivity index (χ1n) is 4.39. The summed E-state index contributed by atoms with van der Waals surface area (Å²) >= 11 is 0. The number of amides is 1. The molecule has 1 saturated heterocycles. The summed E-state index contributed by atoms with van der Waals surface area (Å²) in [5.74, 6) is -1.21. The highest BCUT2D eigenvalue weighted by molar-refractivity contribution is 5.81. The lowest BCUT2D eigenvalue weighted by atomic mass is 10.0. The van der Waals surface area contributed by atoms with Crippen molar-refractivity contribution in [2.24, 2.45) is 5.92 Å². The molecular weight excluding hydrogens is 188 g/mol. The second-order valence-electron chi connectivity index (χ2n) is 3.16. The number of hydrogen-bond acceptors (Lipinski definition) is 4. The van der Waals surface area contributed by atoms with Gasteiger partial charge in [0.15, 0.2) is 6.10 Å². The molecule has 0 aromatic rings. The minimum Gasteiger partial charge on any atom is -0.479 e. The Morgan fingerprint density at radius 3 is 2.64 bits per heavy atom. The quantitative estimate of drug-likeness (QED) is 0.501. The van der Waals surface area contributed by atoms with Crippen LogP contribution in [0.25, 0.3) is 0 Å². The summed E-state index contributed by atoms with van der Waals surface area (Å²) in [4.78, 5) is 21.8. The summed E-state index contributed by atoms with van der Waals surface area (Å²) in [6.07, 6.45) is -0.966. The molecule has 1 unspecified atom stereocenters. The van der Waals surface area contributed by atoms with Gasteiger partial charge in [-0.05, 0) is 0 Å². The maximum absolute atomic E-state index is 11.3. The predicted octanol–water partition coefficient (Wildman–Crippen LogP) is -1.58.